The maximum absolute atomic E-state index is 11.4. The van der Waals surface area contributed by atoms with Crippen molar-refractivity contribution in [1.29, 1.82) is 0 Å². The van der Waals surface area contributed by atoms with Gasteiger partial charge in [-0.2, -0.15) is 0 Å². The molecule has 0 amide bonds. The molecule has 1 fully saturated rings. The summed E-state index contributed by atoms with van der Waals surface area (Å²) in [6.07, 6.45) is 0.668. The molecule has 1 aliphatic heterocycles. The van der Waals surface area contributed by atoms with Crippen LogP contribution in [0.15, 0.2) is 17.3 Å². The van der Waals surface area contributed by atoms with Gasteiger partial charge in [0.15, 0.2) is 5.76 Å². The third kappa shape index (κ3) is 1.64. The third-order valence-electron chi connectivity index (χ3n) is 2.49. The zero-order chi connectivity index (χ0) is 10.0. The van der Waals surface area contributed by atoms with Gasteiger partial charge in [0.05, 0.1) is 12.0 Å². The van der Waals surface area contributed by atoms with E-state index in [9.17, 15) is 4.79 Å². The summed E-state index contributed by atoms with van der Waals surface area (Å²) in [5.41, 5.74) is 0. The number of allylic oxidation sites excluding steroid dienone is 1. The number of ketones is 1. The number of nitrogens with zero attached hydrogens (tertiary/aromatic N) is 1. The molecule has 0 aromatic rings. The van der Waals surface area contributed by atoms with Crippen LogP contribution in [0.3, 0.4) is 0 Å². The highest BCUT2D eigenvalue weighted by Gasteiger charge is 2.39. The molecule has 1 heterocycles. The van der Waals surface area contributed by atoms with Crippen LogP contribution in [0.1, 0.15) is 20.3 Å². The summed E-state index contributed by atoms with van der Waals surface area (Å²) in [6.45, 7) is 10.9. The number of carbonyl (C=O) groups excluding carboxylic acids is 1. The Balaban J connectivity index is 2.77. The fourth-order valence-electron chi connectivity index (χ4n) is 1.60. The van der Waals surface area contributed by atoms with Gasteiger partial charge in [0.2, 0.25) is 5.78 Å². The first kappa shape index (κ1) is 9.96. The molecule has 0 radical (unpaired) electrons. The van der Waals surface area contributed by atoms with Crippen LogP contribution >= 0.6 is 0 Å². The van der Waals surface area contributed by atoms with E-state index in [0.717, 1.165) is 6.42 Å². The Hall–Kier alpha value is -1.12. The Morgan fingerprint density at radius 2 is 2.31 bits per heavy atom. The number of carbonyl (C=O) groups is 1. The molecular formula is C10H15NO2. The molecule has 3 heteroatoms. The van der Waals surface area contributed by atoms with Crippen LogP contribution in [0.5, 0.6) is 0 Å². The molecule has 3 nitrogen and oxygen atoms in total. The van der Waals surface area contributed by atoms with E-state index >= 15 is 0 Å². The van der Waals surface area contributed by atoms with E-state index in [1.165, 1.54) is 0 Å². The normalized spacial score (nSPS) is 30.0. The van der Waals surface area contributed by atoms with E-state index in [1.807, 2.05) is 13.8 Å². The smallest absolute Gasteiger partial charge is 0.203 e. The van der Waals surface area contributed by atoms with Gasteiger partial charge in [-0.1, -0.05) is 20.4 Å². The van der Waals surface area contributed by atoms with Crippen molar-refractivity contribution in [3.05, 3.63) is 12.3 Å². The van der Waals surface area contributed by atoms with Crippen molar-refractivity contribution in [2.45, 2.75) is 32.4 Å². The highest BCUT2D eigenvalue weighted by atomic mass is 16.5. The molecule has 0 spiro atoms. The van der Waals surface area contributed by atoms with E-state index in [0.29, 0.717) is 0 Å². The lowest BCUT2D eigenvalue weighted by Gasteiger charge is -2.19. The molecule has 3 unspecified atom stereocenters. The SMILES string of the molecule is C=NC(CC)C1OC(=C)C(=O)C1C. The number of hydrogen-bond donors (Lipinski definition) is 0. The number of rotatable bonds is 3. The van der Waals surface area contributed by atoms with Crippen molar-refractivity contribution < 1.29 is 9.53 Å². The second kappa shape index (κ2) is 3.73. The van der Waals surface area contributed by atoms with Crippen LogP contribution < -0.4 is 0 Å². The van der Waals surface area contributed by atoms with E-state index in [-0.39, 0.29) is 29.6 Å². The van der Waals surface area contributed by atoms with Crippen molar-refractivity contribution in [3.8, 4) is 0 Å². The van der Waals surface area contributed by atoms with Gasteiger partial charge in [-0.15, -0.1) is 0 Å². The lowest BCUT2D eigenvalue weighted by molar-refractivity contribution is -0.117. The molecule has 0 saturated carbocycles. The zero-order valence-corrected chi connectivity index (χ0v) is 8.12. The van der Waals surface area contributed by atoms with Gasteiger partial charge >= 0.3 is 0 Å². The van der Waals surface area contributed by atoms with Crippen molar-refractivity contribution in [2.75, 3.05) is 0 Å². The summed E-state index contributed by atoms with van der Waals surface area (Å²) < 4.78 is 5.35. The predicted octanol–water partition coefficient (Wildman–Crippen LogP) is 1.58. The van der Waals surface area contributed by atoms with Crippen LogP contribution in [0.2, 0.25) is 0 Å². The summed E-state index contributed by atoms with van der Waals surface area (Å²) in [5.74, 6) is 0.120. The molecule has 1 aliphatic rings. The first-order valence-corrected chi connectivity index (χ1v) is 4.47. The van der Waals surface area contributed by atoms with Gasteiger partial charge < -0.3 is 4.74 Å². The lowest BCUT2D eigenvalue weighted by atomic mass is 9.95. The first-order valence-electron chi connectivity index (χ1n) is 4.47. The standard InChI is InChI=1S/C10H15NO2/c1-5-8(11-4)10-6(2)9(12)7(3)13-10/h6,8,10H,3-5H2,1-2H3. The van der Waals surface area contributed by atoms with Gasteiger partial charge in [0.25, 0.3) is 0 Å². The Morgan fingerprint density at radius 3 is 2.62 bits per heavy atom. The van der Waals surface area contributed by atoms with Crippen LogP contribution in [0.4, 0.5) is 0 Å². The van der Waals surface area contributed by atoms with Crippen molar-refractivity contribution in [3.63, 3.8) is 0 Å². The Bertz CT molecular complexity index is 247. The average molecular weight is 181 g/mol. The topological polar surface area (TPSA) is 38.7 Å². The van der Waals surface area contributed by atoms with Crippen LogP contribution in [-0.4, -0.2) is 24.6 Å². The number of aliphatic imine (C=N–C) groups is 1. The van der Waals surface area contributed by atoms with Gasteiger partial charge in [-0.3, -0.25) is 9.79 Å². The highest BCUT2D eigenvalue weighted by molar-refractivity contribution is 5.96. The fraction of sp³-hybridized carbons (Fsp3) is 0.600. The zero-order valence-electron chi connectivity index (χ0n) is 8.12. The Labute approximate surface area is 78.5 Å². The van der Waals surface area contributed by atoms with E-state index in [1.54, 1.807) is 0 Å². The summed E-state index contributed by atoms with van der Waals surface area (Å²) in [7, 11) is 0. The molecule has 1 rings (SSSR count). The fourth-order valence-corrected chi connectivity index (χ4v) is 1.60. The number of ether oxygens (including phenoxy) is 1. The quantitative estimate of drug-likeness (QED) is 0.490. The van der Waals surface area contributed by atoms with Gasteiger partial charge in [0.1, 0.15) is 6.10 Å². The van der Waals surface area contributed by atoms with E-state index in [2.05, 4.69) is 18.3 Å². The van der Waals surface area contributed by atoms with Gasteiger partial charge in [0, 0.05) is 0 Å². The second-order valence-corrected chi connectivity index (χ2v) is 3.32. The molecule has 0 aromatic carbocycles. The molecule has 1 saturated heterocycles. The van der Waals surface area contributed by atoms with Crippen LogP contribution in [0, 0.1) is 5.92 Å². The number of Topliss-reactive ketones (excluding diaryl/α,β-unsaturated/α-hetero) is 1. The number of hydrogen-bond acceptors (Lipinski definition) is 3. The first-order chi connectivity index (χ1) is 6.11. The van der Waals surface area contributed by atoms with Crippen LogP contribution in [0.25, 0.3) is 0 Å². The summed E-state index contributed by atoms with van der Waals surface area (Å²) in [6, 6.07) is -0.00167. The van der Waals surface area contributed by atoms with Crippen molar-refractivity contribution >= 4 is 12.5 Å². The summed E-state index contributed by atoms with van der Waals surface area (Å²) >= 11 is 0. The minimum Gasteiger partial charge on any atom is -0.484 e. The summed E-state index contributed by atoms with van der Waals surface area (Å²) in [5, 5.41) is 0. The predicted molar refractivity (Wildman–Crippen MR) is 51.8 cm³/mol. The minimum atomic E-state index is -0.164. The van der Waals surface area contributed by atoms with E-state index in [4.69, 9.17) is 4.74 Å². The maximum atomic E-state index is 11.4. The monoisotopic (exact) mass is 181 g/mol. The van der Waals surface area contributed by atoms with Crippen LogP contribution in [-0.2, 0) is 9.53 Å². The molecule has 0 aromatic heterocycles. The van der Waals surface area contributed by atoms with E-state index < -0.39 is 0 Å². The Morgan fingerprint density at radius 1 is 1.69 bits per heavy atom. The molecular weight excluding hydrogens is 166 g/mol. The third-order valence-corrected chi connectivity index (χ3v) is 2.49. The van der Waals surface area contributed by atoms with Gasteiger partial charge in [-0.25, -0.2) is 0 Å². The minimum absolute atomic E-state index is 0.00167. The van der Waals surface area contributed by atoms with Crippen molar-refractivity contribution in [1.82, 2.24) is 0 Å². The highest BCUT2D eigenvalue weighted by Crippen LogP contribution is 2.28. The molecule has 0 aliphatic carbocycles. The second-order valence-electron chi connectivity index (χ2n) is 3.32. The average Bonchev–Trinajstić information content (AvgIpc) is 2.36. The maximum Gasteiger partial charge on any atom is 0.203 e. The molecule has 13 heavy (non-hydrogen) atoms. The van der Waals surface area contributed by atoms with Crippen molar-refractivity contribution in [2.24, 2.45) is 10.9 Å². The largest absolute Gasteiger partial charge is 0.484 e. The summed E-state index contributed by atoms with van der Waals surface area (Å²) in [4.78, 5) is 15.3. The van der Waals surface area contributed by atoms with Gasteiger partial charge in [-0.05, 0) is 13.1 Å². The molecule has 3 atom stereocenters. The molecule has 0 N–H and O–H groups in total. The molecule has 0 bridgehead atoms. The Kier molecular flexibility index (Phi) is 2.86. The molecule has 72 valence electrons. The lowest BCUT2D eigenvalue weighted by Crippen LogP contribution is -2.29.